The van der Waals surface area contributed by atoms with Crippen LogP contribution in [0, 0.1) is 29.1 Å². The van der Waals surface area contributed by atoms with E-state index in [2.05, 4.69) is 11.9 Å². The molecule has 1 spiro atoms. The standard InChI is InChI=1S/C30H37NO6/c1-17-10-9-13-22-26(33)19(3)18(2)25-23(16-21-11-7-6-8-12-21)31-28(35)30(22,25)24(37-20(4)32)14-15-29(5,36)27(17)34/h6-9,11-15,17-18,22-26,33,36H,3,10,16H2,1-2,4-5H3,(H,31,35)/t17-,18+,22?,23?,24?,25-,26+,29?,30?/m0/s1. The number of carbonyl (C=O) groups excluding carboxylic acids is 3. The van der Waals surface area contributed by atoms with Crippen LogP contribution in [0.3, 0.4) is 0 Å². The maximum absolute atomic E-state index is 14.2. The van der Waals surface area contributed by atoms with E-state index in [0.717, 1.165) is 5.56 Å². The fourth-order valence-electron chi connectivity index (χ4n) is 6.68. The van der Waals surface area contributed by atoms with E-state index in [1.165, 1.54) is 26.0 Å². The number of aliphatic hydroxyl groups is 2. The van der Waals surface area contributed by atoms with E-state index in [4.69, 9.17) is 4.74 Å². The molecule has 1 aromatic rings. The van der Waals surface area contributed by atoms with Crippen LogP contribution in [0.4, 0.5) is 0 Å². The van der Waals surface area contributed by atoms with Crippen molar-refractivity contribution in [2.24, 2.45) is 29.1 Å². The second kappa shape index (κ2) is 10.0. The smallest absolute Gasteiger partial charge is 0.303 e. The number of nitrogens with one attached hydrogen (secondary N) is 1. The SMILES string of the molecule is C=C1[C@@H](O)C2C=CC[C@H](C)C(=O)C(C)(O)C=CC(OC(C)=O)C23C(=O)NC(Cc2ccccc2)[C@@H]3[C@@H]1C. The van der Waals surface area contributed by atoms with Crippen molar-refractivity contribution >= 4 is 17.7 Å². The van der Waals surface area contributed by atoms with Crippen LogP contribution in [-0.4, -0.2) is 51.7 Å². The largest absolute Gasteiger partial charge is 0.457 e. The lowest BCUT2D eigenvalue weighted by Crippen LogP contribution is -2.60. The molecule has 1 aromatic carbocycles. The first-order valence-electron chi connectivity index (χ1n) is 12.9. The number of Topliss-reactive ketones (excluding diaryl/α,β-unsaturated/α-hetero) is 1. The summed E-state index contributed by atoms with van der Waals surface area (Å²) >= 11 is 0. The number of hydrogen-bond acceptors (Lipinski definition) is 6. The molecule has 7 heteroatoms. The van der Waals surface area contributed by atoms with E-state index in [-0.39, 0.29) is 23.7 Å². The Hall–Kier alpha value is -3.03. The number of benzene rings is 1. The van der Waals surface area contributed by atoms with Crippen molar-refractivity contribution in [1.29, 1.82) is 0 Å². The van der Waals surface area contributed by atoms with Gasteiger partial charge in [0, 0.05) is 30.7 Å². The zero-order valence-electron chi connectivity index (χ0n) is 21.9. The summed E-state index contributed by atoms with van der Waals surface area (Å²) in [5.74, 6) is -3.26. The number of ether oxygens (including phenoxy) is 1. The Morgan fingerprint density at radius 1 is 1.19 bits per heavy atom. The summed E-state index contributed by atoms with van der Waals surface area (Å²) in [6.45, 7) is 10.5. The Balaban J connectivity index is 1.94. The molecule has 0 bridgehead atoms. The Kier molecular flexibility index (Phi) is 7.32. The van der Waals surface area contributed by atoms with Crippen LogP contribution in [-0.2, 0) is 25.5 Å². The van der Waals surface area contributed by atoms with Crippen molar-refractivity contribution in [3.8, 4) is 0 Å². The van der Waals surface area contributed by atoms with Gasteiger partial charge in [0.05, 0.1) is 6.10 Å². The fourth-order valence-corrected chi connectivity index (χ4v) is 6.68. The van der Waals surface area contributed by atoms with Crippen molar-refractivity contribution in [2.75, 3.05) is 0 Å². The van der Waals surface area contributed by atoms with E-state index in [0.29, 0.717) is 18.4 Å². The molecule has 9 atom stereocenters. The molecule has 3 aliphatic rings. The highest BCUT2D eigenvalue weighted by Gasteiger charge is 2.68. The first kappa shape index (κ1) is 27.0. The molecular weight excluding hydrogens is 470 g/mol. The molecule has 2 fully saturated rings. The molecule has 1 amide bonds. The van der Waals surface area contributed by atoms with E-state index in [1.54, 1.807) is 19.1 Å². The van der Waals surface area contributed by atoms with Crippen LogP contribution >= 0.6 is 0 Å². The van der Waals surface area contributed by atoms with Gasteiger partial charge in [0.25, 0.3) is 0 Å². The summed E-state index contributed by atoms with van der Waals surface area (Å²) in [6, 6.07) is 9.49. The molecule has 198 valence electrons. The minimum absolute atomic E-state index is 0.287. The highest BCUT2D eigenvalue weighted by molar-refractivity contribution is 5.91. The second-order valence-corrected chi connectivity index (χ2v) is 11.0. The summed E-state index contributed by atoms with van der Waals surface area (Å²) in [5, 5.41) is 25.7. The van der Waals surface area contributed by atoms with Crippen LogP contribution in [0.5, 0.6) is 0 Å². The Bertz CT molecular complexity index is 1140. The van der Waals surface area contributed by atoms with Crippen molar-refractivity contribution in [1.82, 2.24) is 5.32 Å². The summed E-state index contributed by atoms with van der Waals surface area (Å²) in [6.07, 6.45) is 5.01. The van der Waals surface area contributed by atoms with E-state index in [9.17, 15) is 24.6 Å². The lowest BCUT2D eigenvalue weighted by Gasteiger charge is -2.52. The highest BCUT2D eigenvalue weighted by atomic mass is 16.5. The molecule has 0 radical (unpaired) electrons. The number of hydrogen-bond donors (Lipinski definition) is 3. The minimum Gasteiger partial charge on any atom is -0.457 e. The average Bonchev–Trinajstić information content (AvgIpc) is 3.13. The van der Waals surface area contributed by atoms with E-state index >= 15 is 0 Å². The summed E-state index contributed by atoms with van der Waals surface area (Å²) < 4.78 is 5.81. The summed E-state index contributed by atoms with van der Waals surface area (Å²) in [4.78, 5) is 39.5. The van der Waals surface area contributed by atoms with Crippen LogP contribution in [0.2, 0.25) is 0 Å². The third-order valence-electron chi connectivity index (χ3n) is 8.53. The van der Waals surface area contributed by atoms with Gasteiger partial charge in [-0.1, -0.05) is 62.9 Å². The predicted molar refractivity (Wildman–Crippen MR) is 139 cm³/mol. The van der Waals surface area contributed by atoms with Gasteiger partial charge in [0.15, 0.2) is 5.78 Å². The molecule has 2 aliphatic carbocycles. The van der Waals surface area contributed by atoms with Crippen LogP contribution in [0.1, 0.15) is 39.7 Å². The number of aliphatic hydroxyl groups excluding tert-OH is 1. The third kappa shape index (κ3) is 4.59. The Morgan fingerprint density at radius 3 is 2.51 bits per heavy atom. The van der Waals surface area contributed by atoms with Gasteiger partial charge >= 0.3 is 5.97 Å². The molecule has 0 aromatic heterocycles. The van der Waals surface area contributed by atoms with Crippen molar-refractivity contribution < 1.29 is 29.3 Å². The van der Waals surface area contributed by atoms with Gasteiger partial charge in [-0.05, 0) is 49.0 Å². The molecule has 37 heavy (non-hydrogen) atoms. The van der Waals surface area contributed by atoms with Gasteiger partial charge in [-0.2, -0.15) is 0 Å². The van der Waals surface area contributed by atoms with Gasteiger partial charge < -0.3 is 20.3 Å². The quantitative estimate of drug-likeness (QED) is 0.428. The maximum Gasteiger partial charge on any atom is 0.303 e. The molecule has 5 unspecified atom stereocenters. The third-order valence-corrected chi connectivity index (χ3v) is 8.53. The predicted octanol–water partition coefficient (Wildman–Crippen LogP) is 2.92. The van der Waals surface area contributed by atoms with Gasteiger partial charge in [-0.15, -0.1) is 0 Å². The van der Waals surface area contributed by atoms with Crippen molar-refractivity contribution in [3.63, 3.8) is 0 Å². The first-order valence-corrected chi connectivity index (χ1v) is 12.9. The molecule has 1 aliphatic heterocycles. The average molecular weight is 508 g/mol. The summed E-state index contributed by atoms with van der Waals surface area (Å²) in [7, 11) is 0. The second-order valence-electron chi connectivity index (χ2n) is 11.0. The van der Waals surface area contributed by atoms with Crippen LogP contribution < -0.4 is 5.32 Å². The van der Waals surface area contributed by atoms with Gasteiger partial charge in [-0.25, -0.2) is 0 Å². The van der Waals surface area contributed by atoms with Crippen molar-refractivity contribution in [3.05, 3.63) is 72.4 Å². The topological polar surface area (TPSA) is 113 Å². The number of carbonyl (C=O) groups is 3. The number of amides is 1. The van der Waals surface area contributed by atoms with Gasteiger partial charge in [0.2, 0.25) is 5.91 Å². The van der Waals surface area contributed by atoms with E-state index in [1.807, 2.05) is 37.3 Å². The molecule has 1 saturated carbocycles. The first-order chi connectivity index (χ1) is 17.4. The minimum atomic E-state index is -1.82. The molecule has 1 saturated heterocycles. The normalized spacial score (nSPS) is 39.8. The number of esters is 1. The van der Waals surface area contributed by atoms with Crippen LogP contribution in [0.15, 0.2) is 66.8 Å². The Morgan fingerprint density at radius 2 is 1.86 bits per heavy atom. The van der Waals surface area contributed by atoms with E-state index < -0.39 is 46.9 Å². The zero-order valence-corrected chi connectivity index (χ0v) is 21.9. The lowest BCUT2D eigenvalue weighted by molar-refractivity contribution is -0.166. The number of ketones is 1. The monoisotopic (exact) mass is 507 g/mol. The lowest BCUT2D eigenvalue weighted by atomic mass is 9.51. The Labute approximate surface area is 218 Å². The maximum atomic E-state index is 14.2. The fraction of sp³-hybridized carbons (Fsp3) is 0.500. The van der Waals surface area contributed by atoms with Gasteiger partial charge in [-0.3, -0.25) is 14.4 Å². The zero-order chi connectivity index (χ0) is 27.1. The number of rotatable bonds is 3. The molecular formula is C30H37NO6. The molecule has 7 nitrogen and oxygen atoms in total. The molecule has 4 rings (SSSR count). The molecule has 3 N–H and O–H groups in total. The number of allylic oxidation sites excluding steroid dienone is 1. The summed E-state index contributed by atoms with van der Waals surface area (Å²) in [5.41, 5.74) is -1.55. The van der Waals surface area contributed by atoms with Crippen molar-refractivity contribution in [2.45, 2.75) is 64.4 Å². The highest BCUT2D eigenvalue weighted by Crippen LogP contribution is 2.58. The van der Waals surface area contributed by atoms with Crippen LogP contribution in [0.25, 0.3) is 0 Å². The van der Waals surface area contributed by atoms with Gasteiger partial charge in [0.1, 0.15) is 17.1 Å². The molecule has 1 heterocycles.